The maximum atomic E-state index is 13.9. The molecule has 37 heavy (non-hydrogen) atoms. The minimum atomic E-state index is -0.782. The highest BCUT2D eigenvalue weighted by atomic mass is 35.5. The van der Waals surface area contributed by atoms with Gasteiger partial charge in [0, 0.05) is 43.0 Å². The summed E-state index contributed by atoms with van der Waals surface area (Å²) in [5.41, 5.74) is 3.03. The van der Waals surface area contributed by atoms with Gasteiger partial charge in [-0.15, -0.1) is 0 Å². The highest BCUT2D eigenvalue weighted by Gasteiger charge is 2.44. The second kappa shape index (κ2) is 10.0. The largest absolute Gasteiger partial charge is 0.295 e. The molecule has 0 spiro atoms. The number of hydrogen-bond donors (Lipinski definition) is 1. The molecule has 2 heterocycles. The van der Waals surface area contributed by atoms with Crippen molar-refractivity contribution in [3.8, 4) is 5.69 Å². The van der Waals surface area contributed by atoms with Gasteiger partial charge in [0.15, 0.2) is 0 Å². The van der Waals surface area contributed by atoms with Crippen molar-refractivity contribution >= 4 is 63.7 Å². The third-order valence-electron chi connectivity index (χ3n) is 6.40. The van der Waals surface area contributed by atoms with Gasteiger partial charge in [-0.05, 0) is 80.1 Å². The quantitative estimate of drug-likeness (QED) is 0.273. The number of amides is 1. The number of nitrogens with one attached hydrogen (secondary N) is 1. The predicted octanol–water partition coefficient (Wildman–Crippen LogP) is 7.26. The molecule has 1 N–H and O–H groups in total. The van der Waals surface area contributed by atoms with Gasteiger partial charge in [-0.1, -0.05) is 52.5 Å². The van der Waals surface area contributed by atoms with E-state index in [1.165, 1.54) is 9.69 Å². The summed E-state index contributed by atoms with van der Waals surface area (Å²) in [5.74, 6) is -1.79. The lowest BCUT2D eigenvalue weighted by molar-refractivity contribution is -0.120. The maximum absolute atomic E-state index is 13.9. The van der Waals surface area contributed by atoms with Crippen LogP contribution in [-0.4, -0.2) is 21.4 Å². The van der Waals surface area contributed by atoms with Gasteiger partial charge >= 0.3 is 0 Å². The molecule has 0 unspecified atom stereocenters. The lowest BCUT2D eigenvalue weighted by atomic mass is 9.78. The third kappa shape index (κ3) is 4.71. The van der Waals surface area contributed by atoms with Crippen LogP contribution in [0.4, 0.5) is 5.69 Å². The summed E-state index contributed by atoms with van der Waals surface area (Å²) < 4.78 is 1.43. The second-order valence-electron chi connectivity index (χ2n) is 8.76. The summed E-state index contributed by atoms with van der Waals surface area (Å²) >= 11 is 24.9. The van der Waals surface area contributed by atoms with Crippen molar-refractivity contribution in [2.45, 2.75) is 19.8 Å². The lowest BCUT2D eigenvalue weighted by Crippen LogP contribution is -2.34. The number of aryl methyl sites for hydroxylation is 1. The van der Waals surface area contributed by atoms with Gasteiger partial charge in [0.05, 0.1) is 17.3 Å². The number of nitrogens with zero attached hydrogens (tertiary/aromatic N) is 3. The number of benzene rings is 3. The van der Waals surface area contributed by atoms with E-state index in [9.17, 15) is 9.59 Å². The lowest BCUT2D eigenvalue weighted by Gasteiger charge is -2.24. The molecule has 6 nitrogen and oxygen atoms in total. The Bertz CT molecular complexity index is 1590. The number of halogens is 4. The summed E-state index contributed by atoms with van der Waals surface area (Å²) in [4.78, 5) is 27.8. The van der Waals surface area contributed by atoms with Crippen LogP contribution in [-0.2, 0) is 4.79 Å². The van der Waals surface area contributed by atoms with Gasteiger partial charge < -0.3 is 0 Å². The fraction of sp³-hybridized carbons (Fsp3) is 0.148. The monoisotopic (exact) mass is 572 g/mol. The number of aromatic amines is 1. The number of carbonyl (C=O) groups is 1. The van der Waals surface area contributed by atoms with E-state index < -0.39 is 11.8 Å². The van der Waals surface area contributed by atoms with E-state index in [1.54, 1.807) is 80.6 Å². The first-order valence-electron chi connectivity index (χ1n) is 11.3. The second-order valence-corrected chi connectivity index (χ2v) is 10.5. The highest BCUT2D eigenvalue weighted by molar-refractivity contribution is 6.35. The number of H-pyrrole nitrogens is 1. The Kier molecular flexibility index (Phi) is 6.94. The Morgan fingerprint density at radius 3 is 1.97 bits per heavy atom. The molecule has 1 aromatic heterocycles. The molecule has 0 bridgehead atoms. The molecule has 2 atom stereocenters. The smallest absolute Gasteiger partial charge is 0.275 e. The van der Waals surface area contributed by atoms with Crippen LogP contribution in [0, 0.1) is 12.8 Å². The summed E-state index contributed by atoms with van der Waals surface area (Å²) in [6, 6.07) is 18.8. The first kappa shape index (κ1) is 25.6. The van der Waals surface area contributed by atoms with E-state index in [1.807, 2.05) is 0 Å². The molecule has 1 aliphatic rings. The molecule has 0 saturated carbocycles. The molecule has 3 aromatic carbocycles. The third-order valence-corrected chi connectivity index (χ3v) is 7.46. The summed E-state index contributed by atoms with van der Waals surface area (Å²) in [6.45, 7) is 3.57. The van der Waals surface area contributed by atoms with Gasteiger partial charge in [-0.3, -0.25) is 14.7 Å². The molecular weight excluding hydrogens is 554 g/mol. The molecule has 1 aliphatic heterocycles. The average Bonchev–Trinajstić information content (AvgIpc) is 3.32. The maximum Gasteiger partial charge on any atom is 0.275 e. The Hall–Kier alpha value is -3.03. The molecule has 5 rings (SSSR count). The first-order valence-corrected chi connectivity index (χ1v) is 12.8. The predicted molar refractivity (Wildman–Crippen MR) is 150 cm³/mol. The van der Waals surface area contributed by atoms with Gasteiger partial charge in [0.1, 0.15) is 0 Å². The van der Waals surface area contributed by atoms with E-state index in [-0.39, 0.29) is 11.5 Å². The number of hydrogen-bond acceptors (Lipinski definition) is 3. The topological polar surface area (TPSA) is 70.5 Å². The Morgan fingerprint density at radius 2 is 1.38 bits per heavy atom. The number of carbonyl (C=O) groups excluding carboxylic acids is 1. The number of anilines is 1. The van der Waals surface area contributed by atoms with Crippen LogP contribution >= 0.6 is 46.4 Å². The number of aromatic nitrogens is 2. The van der Waals surface area contributed by atoms with Crippen molar-refractivity contribution in [1.29, 1.82) is 0 Å². The fourth-order valence-corrected chi connectivity index (χ4v) is 5.46. The minimum absolute atomic E-state index is 0.283. The Labute approximate surface area is 233 Å². The van der Waals surface area contributed by atoms with Crippen molar-refractivity contribution in [2.75, 3.05) is 5.01 Å². The van der Waals surface area contributed by atoms with Crippen LogP contribution in [0.25, 0.3) is 5.69 Å². The van der Waals surface area contributed by atoms with Crippen molar-refractivity contribution in [3.05, 3.63) is 114 Å². The van der Waals surface area contributed by atoms with E-state index in [2.05, 4.69) is 10.2 Å². The molecule has 188 valence electrons. The molecule has 1 amide bonds. The average molecular weight is 574 g/mol. The zero-order valence-electron chi connectivity index (χ0n) is 19.7. The molecule has 10 heteroatoms. The normalized spacial score (nSPS) is 16.3. The van der Waals surface area contributed by atoms with Crippen LogP contribution in [0.1, 0.15) is 29.7 Å². The Balaban J connectivity index is 1.68. The highest BCUT2D eigenvalue weighted by Crippen LogP contribution is 2.41. The zero-order chi connectivity index (χ0) is 26.4. The summed E-state index contributed by atoms with van der Waals surface area (Å²) in [6.07, 6.45) is 0. The molecule has 0 radical (unpaired) electrons. The van der Waals surface area contributed by atoms with Crippen molar-refractivity contribution in [2.24, 2.45) is 11.0 Å². The van der Waals surface area contributed by atoms with E-state index >= 15 is 0 Å². The van der Waals surface area contributed by atoms with Crippen LogP contribution < -0.4 is 10.6 Å². The molecule has 4 aromatic rings. The summed E-state index contributed by atoms with van der Waals surface area (Å²) in [5, 5.41) is 10.9. The fourth-order valence-electron chi connectivity index (χ4n) is 4.68. The zero-order valence-corrected chi connectivity index (χ0v) is 22.7. The Morgan fingerprint density at radius 1 is 0.811 bits per heavy atom. The van der Waals surface area contributed by atoms with E-state index in [4.69, 9.17) is 46.4 Å². The van der Waals surface area contributed by atoms with Crippen molar-refractivity contribution in [1.82, 2.24) is 9.78 Å². The molecule has 0 saturated heterocycles. The van der Waals surface area contributed by atoms with Crippen LogP contribution in [0.5, 0.6) is 0 Å². The standard InChI is InChI=1S/C27H20Cl4N4O2/c1-14-23(26(36)34(32-14)19-8-3-16(28)4-9-19)25(21-12-7-18(30)13-22(21)31)24-15(2)33-35(27(24)37)20-10-5-17(29)6-11-20/h3-13,23,25,33H,1-2H3/t23-,25-/m1/s1. The molecule has 0 fully saturated rings. The molecule has 0 aliphatic carbocycles. The summed E-state index contributed by atoms with van der Waals surface area (Å²) in [7, 11) is 0. The van der Waals surface area contributed by atoms with Gasteiger partial charge in [0.2, 0.25) is 0 Å². The van der Waals surface area contributed by atoms with Crippen LogP contribution in [0.2, 0.25) is 20.1 Å². The van der Waals surface area contributed by atoms with Gasteiger partial charge in [-0.25, -0.2) is 9.69 Å². The van der Waals surface area contributed by atoms with E-state index in [0.717, 1.165) is 0 Å². The number of rotatable bonds is 5. The van der Waals surface area contributed by atoms with Crippen molar-refractivity contribution < 1.29 is 4.79 Å². The van der Waals surface area contributed by atoms with E-state index in [0.29, 0.717) is 54.0 Å². The SMILES string of the molecule is CC1=NN(c2ccc(Cl)cc2)C(=O)[C@H]1[C@@H](c1ccc(Cl)cc1Cl)c1c(C)[nH]n(-c2ccc(Cl)cc2)c1=O. The van der Waals surface area contributed by atoms with Gasteiger partial charge in [-0.2, -0.15) is 5.10 Å². The number of hydrazone groups is 1. The van der Waals surface area contributed by atoms with Crippen LogP contribution in [0.3, 0.4) is 0 Å². The van der Waals surface area contributed by atoms with Crippen LogP contribution in [0.15, 0.2) is 76.6 Å². The molecular formula is C27H20Cl4N4O2. The van der Waals surface area contributed by atoms with Gasteiger partial charge in [0.25, 0.3) is 11.5 Å². The minimum Gasteiger partial charge on any atom is -0.295 e. The first-order chi connectivity index (χ1) is 17.7. The van der Waals surface area contributed by atoms with Crippen molar-refractivity contribution in [3.63, 3.8) is 0 Å².